The number of aryl methyl sites for hydroxylation is 3. The summed E-state index contributed by atoms with van der Waals surface area (Å²) in [6.45, 7) is 7.81. The van der Waals surface area contributed by atoms with E-state index < -0.39 is 6.09 Å². The highest BCUT2D eigenvalue weighted by Crippen LogP contribution is 2.30. The third-order valence-corrected chi connectivity index (χ3v) is 4.57. The fourth-order valence-electron chi connectivity index (χ4n) is 3.51. The number of benzene rings is 1. The van der Waals surface area contributed by atoms with Crippen LogP contribution in [0.5, 0.6) is 0 Å². The number of ether oxygens (including phenoxy) is 1. The van der Waals surface area contributed by atoms with Gasteiger partial charge in [-0.2, -0.15) is 5.10 Å². The lowest BCUT2D eigenvalue weighted by Crippen LogP contribution is -2.22. The van der Waals surface area contributed by atoms with Gasteiger partial charge in [0, 0.05) is 23.2 Å². The molecule has 2 amide bonds. The van der Waals surface area contributed by atoms with Gasteiger partial charge in [0.2, 0.25) is 0 Å². The van der Waals surface area contributed by atoms with Crippen LogP contribution in [-0.4, -0.2) is 24.3 Å². The lowest BCUT2D eigenvalue weighted by atomic mass is 9.93. The van der Waals surface area contributed by atoms with Crippen LogP contribution in [0.2, 0.25) is 0 Å². The Bertz CT molecular complexity index is 923. The molecular weight excluding hydrogens is 358 g/mol. The fraction of sp³-hybridized carbons (Fsp3) is 0.381. The van der Waals surface area contributed by atoms with Crippen molar-refractivity contribution in [1.29, 1.82) is 0 Å². The van der Waals surface area contributed by atoms with Crippen molar-refractivity contribution in [2.45, 2.75) is 47.0 Å². The maximum atomic E-state index is 12.8. The maximum absolute atomic E-state index is 12.8. The second-order valence-corrected chi connectivity index (χ2v) is 6.93. The number of amides is 2. The Kier molecular flexibility index (Phi) is 5.82. The van der Waals surface area contributed by atoms with Gasteiger partial charge in [0.25, 0.3) is 5.91 Å². The van der Waals surface area contributed by atoms with Gasteiger partial charge in [0.1, 0.15) is 5.76 Å². The van der Waals surface area contributed by atoms with Gasteiger partial charge < -0.3 is 14.5 Å². The highest BCUT2D eigenvalue weighted by molar-refractivity contribution is 6.09. The van der Waals surface area contributed by atoms with Crippen LogP contribution in [0.15, 0.2) is 27.7 Å². The lowest BCUT2D eigenvalue weighted by molar-refractivity contribution is 0.0994. The molecule has 28 heavy (non-hydrogen) atoms. The zero-order chi connectivity index (χ0) is 20.3. The van der Waals surface area contributed by atoms with Gasteiger partial charge in [0.05, 0.1) is 12.3 Å². The average Bonchev–Trinajstić information content (AvgIpc) is 2.97. The molecule has 0 saturated heterocycles. The number of rotatable bonds is 4. The molecule has 0 radical (unpaired) electrons. The Morgan fingerprint density at radius 2 is 1.86 bits per heavy atom. The van der Waals surface area contributed by atoms with E-state index >= 15 is 0 Å². The Balaban J connectivity index is 1.85. The minimum absolute atomic E-state index is 0.273. The molecule has 0 spiro atoms. The quantitative estimate of drug-likeness (QED) is 0.772. The molecule has 1 aromatic heterocycles. The molecule has 0 aliphatic heterocycles. The number of carbonyl (C=O) groups excluding carboxylic acids is 2. The maximum Gasteiger partial charge on any atom is 0.427 e. The summed E-state index contributed by atoms with van der Waals surface area (Å²) in [5.74, 6) is 0.697. The van der Waals surface area contributed by atoms with Crippen LogP contribution >= 0.6 is 0 Å². The molecular formula is C21H25N3O4. The molecule has 3 rings (SSSR count). The lowest BCUT2D eigenvalue weighted by Gasteiger charge is -2.13. The van der Waals surface area contributed by atoms with E-state index in [2.05, 4.69) is 15.8 Å². The van der Waals surface area contributed by atoms with Crippen molar-refractivity contribution in [3.8, 4) is 0 Å². The Morgan fingerprint density at radius 1 is 1.14 bits per heavy atom. The van der Waals surface area contributed by atoms with Crippen LogP contribution in [0.3, 0.4) is 0 Å². The summed E-state index contributed by atoms with van der Waals surface area (Å²) in [4.78, 5) is 24.3. The van der Waals surface area contributed by atoms with Gasteiger partial charge in [0.15, 0.2) is 5.76 Å². The largest absolute Gasteiger partial charge is 0.455 e. The van der Waals surface area contributed by atoms with E-state index in [1.807, 2.05) is 39.0 Å². The van der Waals surface area contributed by atoms with E-state index in [9.17, 15) is 9.59 Å². The van der Waals surface area contributed by atoms with E-state index in [1.165, 1.54) is 0 Å². The van der Waals surface area contributed by atoms with Crippen molar-refractivity contribution < 1.29 is 18.7 Å². The summed E-state index contributed by atoms with van der Waals surface area (Å²) in [6, 6.07) is 5.88. The molecule has 1 aliphatic carbocycles. The Morgan fingerprint density at radius 3 is 2.54 bits per heavy atom. The third-order valence-electron chi connectivity index (χ3n) is 4.57. The number of fused-ring (bicyclic) bond motifs is 1. The van der Waals surface area contributed by atoms with Crippen LogP contribution < -0.4 is 10.7 Å². The zero-order valence-electron chi connectivity index (χ0n) is 16.6. The van der Waals surface area contributed by atoms with E-state index in [-0.39, 0.29) is 18.3 Å². The second kappa shape index (κ2) is 8.29. The molecule has 1 aromatic carbocycles. The molecule has 2 aromatic rings. The summed E-state index contributed by atoms with van der Waals surface area (Å²) >= 11 is 0. The molecule has 0 unspecified atom stereocenters. The molecule has 148 valence electrons. The molecule has 7 heteroatoms. The number of furan rings is 1. The van der Waals surface area contributed by atoms with Gasteiger partial charge >= 0.3 is 6.09 Å². The standard InChI is InChI=1S/C21H25N3O4/c1-5-27-21(26)24-23-16-7-6-8-17-18(16)14(4)19(28-17)20(25)22-15-10-12(2)9-13(3)11-15/h9-11H,5-8H2,1-4H3,(H,22,25)(H,24,26)/b23-16+. The molecule has 0 atom stereocenters. The van der Waals surface area contributed by atoms with Crippen LogP contribution in [0.25, 0.3) is 0 Å². The van der Waals surface area contributed by atoms with Crippen LogP contribution in [0.4, 0.5) is 10.5 Å². The average molecular weight is 383 g/mol. The fourth-order valence-corrected chi connectivity index (χ4v) is 3.51. The summed E-state index contributed by atoms with van der Waals surface area (Å²) in [5, 5.41) is 7.09. The molecule has 0 bridgehead atoms. The SMILES string of the molecule is CCOC(=O)N/N=C1\CCCc2oc(C(=O)Nc3cc(C)cc(C)c3)c(C)c21. The first kappa shape index (κ1) is 19.7. The summed E-state index contributed by atoms with van der Waals surface area (Å²) in [5.41, 5.74) is 7.49. The summed E-state index contributed by atoms with van der Waals surface area (Å²) in [6.07, 6.45) is 1.65. The second-order valence-electron chi connectivity index (χ2n) is 6.93. The highest BCUT2D eigenvalue weighted by Gasteiger charge is 2.28. The van der Waals surface area contributed by atoms with Crippen molar-refractivity contribution >= 4 is 23.4 Å². The number of anilines is 1. The molecule has 0 saturated carbocycles. The molecule has 1 heterocycles. The van der Waals surface area contributed by atoms with E-state index in [0.717, 1.165) is 46.5 Å². The van der Waals surface area contributed by atoms with Gasteiger partial charge in [-0.1, -0.05) is 6.07 Å². The van der Waals surface area contributed by atoms with Crippen molar-refractivity contribution in [3.63, 3.8) is 0 Å². The number of hydrazone groups is 1. The minimum atomic E-state index is -0.601. The van der Waals surface area contributed by atoms with Crippen molar-refractivity contribution in [3.05, 3.63) is 52.0 Å². The predicted molar refractivity (Wildman–Crippen MR) is 107 cm³/mol. The number of hydrogen-bond acceptors (Lipinski definition) is 5. The highest BCUT2D eigenvalue weighted by atomic mass is 16.5. The Hall–Kier alpha value is -3.09. The summed E-state index contributed by atoms with van der Waals surface area (Å²) < 4.78 is 10.7. The summed E-state index contributed by atoms with van der Waals surface area (Å²) in [7, 11) is 0. The van der Waals surface area contributed by atoms with Crippen molar-refractivity contribution in [2.24, 2.45) is 5.10 Å². The first-order valence-corrected chi connectivity index (χ1v) is 9.40. The van der Waals surface area contributed by atoms with Crippen LogP contribution in [0.1, 0.15) is 58.3 Å². The van der Waals surface area contributed by atoms with Crippen molar-refractivity contribution in [2.75, 3.05) is 11.9 Å². The first-order valence-electron chi connectivity index (χ1n) is 9.40. The van der Waals surface area contributed by atoms with Gasteiger partial charge in [-0.25, -0.2) is 10.2 Å². The topological polar surface area (TPSA) is 92.9 Å². The molecule has 1 aliphatic rings. The van der Waals surface area contributed by atoms with Gasteiger partial charge in [-0.05, 0) is 63.8 Å². The monoisotopic (exact) mass is 383 g/mol. The number of nitrogens with one attached hydrogen (secondary N) is 2. The minimum Gasteiger partial charge on any atom is -0.455 e. The smallest absolute Gasteiger partial charge is 0.427 e. The molecule has 0 fully saturated rings. The molecule has 7 nitrogen and oxygen atoms in total. The van der Waals surface area contributed by atoms with E-state index in [4.69, 9.17) is 9.15 Å². The number of carbonyl (C=O) groups is 2. The predicted octanol–water partition coefficient (Wildman–Crippen LogP) is 4.24. The molecule has 2 N–H and O–H groups in total. The van der Waals surface area contributed by atoms with Crippen LogP contribution in [-0.2, 0) is 11.2 Å². The van der Waals surface area contributed by atoms with Crippen LogP contribution in [0, 0.1) is 20.8 Å². The van der Waals surface area contributed by atoms with Gasteiger partial charge in [-0.15, -0.1) is 0 Å². The number of hydrogen-bond donors (Lipinski definition) is 2. The van der Waals surface area contributed by atoms with E-state index in [0.29, 0.717) is 12.1 Å². The van der Waals surface area contributed by atoms with Gasteiger partial charge in [-0.3, -0.25) is 4.79 Å². The number of nitrogens with zero attached hydrogens (tertiary/aromatic N) is 1. The zero-order valence-corrected chi connectivity index (χ0v) is 16.6. The Labute approximate surface area is 164 Å². The van der Waals surface area contributed by atoms with Crippen molar-refractivity contribution in [1.82, 2.24) is 5.43 Å². The normalized spacial score (nSPS) is 14.5. The van der Waals surface area contributed by atoms with E-state index in [1.54, 1.807) is 6.92 Å². The first-order chi connectivity index (χ1) is 13.4. The third kappa shape index (κ3) is 4.24.